The molecule has 0 N–H and O–H groups in total. The molecule has 0 radical (unpaired) electrons. The SMILES string of the molecule is CCOC(=O)[C@@H]1CCCN(CC#CCN(C)C(C)=O)C1. The minimum Gasteiger partial charge on any atom is -0.466 e. The molecule has 5 heteroatoms. The van der Waals surface area contributed by atoms with Gasteiger partial charge in [0, 0.05) is 20.5 Å². The van der Waals surface area contributed by atoms with Crippen molar-refractivity contribution in [1.82, 2.24) is 9.80 Å². The van der Waals surface area contributed by atoms with Crippen molar-refractivity contribution in [3.8, 4) is 11.8 Å². The van der Waals surface area contributed by atoms with Gasteiger partial charge < -0.3 is 9.64 Å². The van der Waals surface area contributed by atoms with E-state index in [0.717, 1.165) is 25.9 Å². The van der Waals surface area contributed by atoms with Crippen molar-refractivity contribution < 1.29 is 14.3 Å². The average Bonchev–Trinajstić information content (AvgIpc) is 2.43. The van der Waals surface area contributed by atoms with E-state index < -0.39 is 0 Å². The Morgan fingerprint density at radius 1 is 1.40 bits per heavy atom. The van der Waals surface area contributed by atoms with Gasteiger partial charge in [0.25, 0.3) is 0 Å². The van der Waals surface area contributed by atoms with E-state index in [-0.39, 0.29) is 17.8 Å². The predicted molar refractivity (Wildman–Crippen MR) is 76.9 cm³/mol. The van der Waals surface area contributed by atoms with Gasteiger partial charge in [-0.15, -0.1) is 0 Å². The van der Waals surface area contributed by atoms with E-state index in [4.69, 9.17) is 4.74 Å². The molecular formula is C15H24N2O3. The molecule has 1 aliphatic heterocycles. The molecule has 1 amide bonds. The fraction of sp³-hybridized carbons (Fsp3) is 0.733. The monoisotopic (exact) mass is 280 g/mol. The fourth-order valence-corrected chi connectivity index (χ4v) is 2.11. The third-order valence-corrected chi connectivity index (χ3v) is 3.41. The second-order valence-corrected chi connectivity index (χ2v) is 5.05. The van der Waals surface area contributed by atoms with Gasteiger partial charge in [-0.25, -0.2) is 0 Å². The van der Waals surface area contributed by atoms with E-state index in [1.807, 2.05) is 6.92 Å². The maximum absolute atomic E-state index is 11.7. The van der Waals surface area contributed by atoms with Gasteiger partial charge in [0.05, 0.1) is 25.6 Å². The number of piperidine rings is 1. The largest absolute Gasteiger partial charge is 0.466 e. The zero-order chi connectivity index (χ0) is 15.0. The van der Waals surface area contributed by atoms with Crippen LogP contribution in [0.25, 0.3) is 0 Å². The Labute approximate surface area is 121 Å². The van der Waals surface area contributed by atoms with E-state index >= 15 is 0 Å². The van der Waals surface area contributed by atoms with E-state index in [2.05, 4.69) is 16.7 Å². The Hall–Kier alpha value is -1.54. The number of hydrogen-bond donors (Lipinski definition) is 0. The molecule has 0 unspecified atom stereocenters. The van der Waals surface area contributed by atoms with Crippen molar-refractivity contribution >= 4 is 11.9 Å². The molecule has 1 fully saturated rings. The molecule has 0 aliphatic carbocycles. The topological polar surface area (TPSA) is 49.9 Å². The van der Waals surface area contributed by atoms with Crippen molar-refractivity contribution in [3.63, 3.8) is 0 Å². The Morgan fingerprint density at radius 2 is 2.15 bits per heavy atom. The number of esters is 1. The minimum absolute atomic E-state index is 0.0136. The first-order valence-electron chi connectivity index (χ1n) is 7.11. The van der Waals surface area contributed by atoms with Crippen LogP contribution in [0.4, 0.5) is 0 Å². The van der Waals surface area contributed by atoms with Gasteiger partial charge >= 0.3 is 5.97 Å². The van der Waals surface area contributed by atoms with Crippen LogP contribution in [-0.4, -0.2) is 61.5 Å². The molecule has 0 spiro atoms. The van der Waals surface area contributed by atoms with E-state index in [9.17, 15) is 9.59 Å². The molecule has 1 aliphatic rings. The highest BCUT2D eigenvalue weighted by Crippen LogP contribution is 2.17. The maximum atomic E-state index is 11.7. The summed E-state index contributed by atoms with van der Waals surface area (Å²) < 4.78 is 5.07. The highest BCUT2D eigenvalue weighted by molar-refractivity contribution is 5.73. The molecule has 20 heavy (non-hydrogen) atoms. The normalized spacial score (nSPS) is 18.9. The summed E-state index contributed by atoms with van der Waals surface area (Å²) in [5, 5.41) is 0. The zero-order valence-electron chi connectivity index (χ0n) is 12.6. The molecule has 112 valence electrons. The maximum Gasteiger partial charge on any atom is 0.310 e. The number of carbonyl (C=O) groups excluding carboxylic acids is 2. The average molecular weight is 280 g/mol. The molecule has 5 nitrogen and oxygen atoms in total. The van der Waals surface area contributed by atoms with Crippen LogP contribution >= 0.6 is 0 Å². The second kappa shape index (κ2) is 8.60. The molecular weight excluding hydrogens is 256 g/mol. The van der Waals surface area contributed by atoms with Gasteiger partial charge in [0.1, 0.15) is 0 Å². The van der Waals surface area contributed by atoms with Gasteiger partial charge in [0.15, 0.2) is 0 Å². The van der Waals surface area contributed by atoms with Crippen molar-refractivity contribution in [2.24, 2.45) is 5.92 Å². The van der Waals surface area contributed by atoms with Crippen LogP contribution in [0.2, 0.25) is 0 Å². The van der Waals surface area contributed by atoms with Crippen LogP contribution in [0.15, 0.2) is 0 Å². The van der Waals surface area contributed by atoms with Crippen molar-refractivity contribution in [2.45, 2.75) is 26.7 Å². The molecule has 0 saturated carbocycles. The fourth-order valence-electron chi connectivity index (χ4n) is 2.11. The zero-order valence-corrected chi connectivity index (χ0v) is 12.6. The number of nitrogens with zero attached hydrogens (tertiary/aromatic N) is 2. The summed E-state index contributed by atoms with van der Waals surface area (Å²) in [6.45, 7) is 6.56. The number of carbonyl (C=O) groups is 2. The van der Waals surface area contributed by atoms with Crippen molar-refractivity contribution in [2.75, 3.05) is 39.8 Å². The number of amides is 1. The Balaban J connectivity index is 2.35. The van der Waals surface area contributed by atoms with Crippen molar-refractivity contribution in [1.29, 1.82) is 0 Å². The number of ether oxygens (including phenoxy) is 1. The Bertz CT molecular complexity index is 398. The second-order valence-electron chi connectivity index (χ2n) is 5.05. The van der Waals surface area contributed by atoms with E-state index in [1.54, 1.807) is 11.9 Å². The standard InChI is InChI=1S/C15H24N2O3/c1-4-20-15(19)14-8-7-11-17(12-14)10-6-5-9-16(3)13(2)18/h14H,4,7-12H2,1-3H3/t14-/m1/s1. The molecule has 0 aromatic carbocycles. The predicted octanol–water partition coefficient (Wildman–Crippen LogP) is 0.743. The van der Waals surface area contributed by atoms with Gasteiger partial charge in [-0.3, -0.25) is 14.5 Å². The molecule has 0 aromatic heterocycles. The number of rotatable bonds is 4. The van der Waals surface area contributed by atoms with Crippen LogP contribution in [0.5, 0.6) is 0 Å². The third kappa shape index (κ3) is 5.62. The molecule has 1 rings (SSSR count). The summed E-state index contributed by atoms with van der Waals surface area (Å²) in [4.78, 5) is 26.5. The summed E-state index contributed by atoms with van der Waals surface area (Å²) in [5.41, 5.74) is 0. The summed E-state index contributed by atoms with van der Waals surface area (Å²) in [6.07, 6.45) is 1.90. The summed E-state index contributed by atoms with van der Waals surface area (Å²) in [7, 11) is 1.73. The smallest absolute Gasteiger partial charge is 0.310 e. The van der Waals surface area contributed by atoms with Gasteiger partial charge in [-0.05, 0) is 26.3 Å². The Kier molecular flexibility index (Phi) is 7.10. The molecule has 0 bridgehead atoms. The molecule has 1 saturated heterocycles. The van der Waals surface area contributed by atoms with Gasteiger partial charge in [-0.1, -0.05) is 11.8 Å². The van der Waals surface area contributed by atoms with Crippen LogP contribution < -0.4 is 0 Å². The molecule has 0 aromatic rings. The lowest BCUT2D eigenvalue weighted by molar-refractivity contribution is -0.149. The lowest BCUT2D eigenvalue weighted by Gasteiger charge is -2.29. The first-order valence-corrected chi connectivity index (χ1v) is 7.11. The van der Waals surface area contributed by atoms with Crippen LogP contribution in [0.1, 0.15) is 26.7 Å². The van der Waals surface area contributed by atoms with Gasteiger partial charge in [-0.2, -0.15) is 0 Å². The first-order chi connectivity index (χ1) is 9.54. The van der Waals surface area contributed by atoms with Gasteiger partial charge in [0.2, 0.25) is 5.91 Å². The third-order valence-electron chi connectivity index (χ3n) is 3.41. The Morgan fingerprint density at radius 3 is 2.80 bits per heavy atom. The summed E-state index contributed by atoms with van der Waals surface area (Å²) >= 11 is 0. The lowest BCUT2D eigenvalue weighted by Crippen LogP contribution is -2.39. The lowest BCUT2D eigenvalue weighted by atomic mass is 9.98. The van der Waals surface area contributed by atoms with Crippen LogP contribution in [0.3, 0.4) is 0 Å². The first kappa shape index (κ1) is 16.5. The summed E-state index contributed by atoms with van der Waals surface area (Å²) in [6, 6.07) is 0. The highest BCUT2D eigenvalue weighted by Gasteiger charge is 2.26. The minimum atomic E-state index is -0.0959. The van der Waals surface area contributed by atoms with E-state index in [1.165, 1.54) is 6.92 Å². The quantitative estimate of drug-likeness (QED) is 0.563. The van der Waals surface area contributed by atoms with Crippen LogP contribution in [0, 0.1) is 17.8 Å². The van der Waals surface area contributed by atoms with Crippen molar-refractivity contribution in [3.05, 3.63) is 0 Å². The number of likely N-dealkylation sites (tertiary alicyclic amines) is 1. The number of hydrogen-bond acceptors (Lipinski definition) is 4. The summed E-state index contributed by atoms with van der Waals surface area (Å²) in [5.74, 6) is 5.94. The van der Waals surface area contributed by atoms with E-state index in [0.29, 0.717) is 19.7 Å². The highest BCUT2D eigenvalue weighted by atomic mass is 16.5. The molecule has 1 heterocycles. The molecule has 1 atom stereocenters. The van der Waals surface area contributed by atoms with Crippen LogP contribution in [-0.2, 0) is 14.3 Å².